The average molecular weight is 385 g/mol. The molecule has 1 saturated carbocycles. The molecule has 0 radical (unpaired) electrons. The monoisotopic (exact) mass is 384 g/mol. The molecule has 5 nitrogen and oxygen atoms in total. The molecule has 2 fully saturated rings. The summed E-state index contributed by atoms with van der Waals surface area (Å²) in [5, 5.41) is 5.21. The molecule has 1 saturated heterocycles. The van der Waals surface area contributed by atoms with Gasteiger partial charge in [-0.1, -0.05) is 6.07 Å². The van der Waals surface area contributed by atoms with Gasteiger partial charge in [-0.15, -0.1) is 11.3 Å². The summed E-state index contributed by atoms with van der Waals surface area (Å²) in [5.74, 6) is 1.31. The van der Waals surface area contributed by atoms with Crippen LogP contribution in [0.2, 0.25) is 0 Å². The van der Waals surface area contributed by atoms with E-state index in [-0.39, 0.29) is 17.2 Å². The Morgan fingerprint density at radius 2 is 2.07 bits per heavy atom. The molecule has 1 aliphatic carbocycles. The highest BCUT2D eigenvalue weighted by Gasteiger charge is 2.52. The van der Waals surface area contributed by atoms with E-state index in [1.165, 1.54) is 4.88 Å². The number of piperidine rings is 1. The molecular weight excluding hydrogens is 360 g/mol. The highest BCUT2D eigenvalue weighted by atomic mass is 32.1. The Morgan fingerprint density at radius 1 is 1.26 bits per heavy atom. The lowest BCUT2D eigenvalue weighted by atomic mass is 9.96. The average Bonchev–Trinajstić information content (AvgIpc) is 3.11. The Balaban J connectivity index is 1.22. The zero-order valence-corrected chi connectivity index (χ0v) is 16.0. The van der Waals surface area contributed by atoms with E-state index in [2.05, 4.69) is 11.4 Å². The van der Waals surface area contributed by atoms with Crippen LogP contribution in [0, 0.1) is 5.92 Å². The summed E-state index contributed by atoms with van der Waals surface area (Å²) in [6.07, 6.45) is 8.61. The third-order valence-electron chi connectivity index (χ3n) is 5.59. The van der Waals surface area contributed by atoms with Crippen LogP contribution in [-0.2, 0) is 15.0 Å². The number of rotatable bonds is 6. The highest BCUT2D eigenvalue weighted by Crippen LogP contribution is 2.50. The minimum absolute atomic E-state index is 0.0171. The second-order valence-corrected chi connectivity index (χ2v) is 8.33. The van der Waals surface area contributed by atoms with E-state index in [1.54, 1.807) is 35.8 Å². The largest absolute Gasteiger partial charge is 0.465 e. The fourth-order valence-electron chi connectivity index (χ4n) is 3.67. The molecule has 27 heavy (non-hydrogen) atoms. The van der Waals surface area contributed by atoms with E-state index in [9.17, 15) is 9.59 Å². The minimum Gasteiger partial charge on any atom is -0.465 e. The molecule has 0 aromatic carbocycles. The highest BCUT2D eigenvalue weighted by molar-refractivity contribution is 7.10. The molecule has 0 unspecified atom stereocenters. The maximum Gasteiger partial charge on any atom is 0.246 e. The SMILES string of the molecule is O=C(/C=C/c1ccco1)N1CCC(CNC(=O)C2(c3cccs3)CC2)CC1. The van der Waals surface area contributed by atoms with Crippen LogP contribution in [0.15, 0.2) is 46.4 Å². The van der Waals surface area contributed by atoms with E-state index in [4.69, 9.17) is 4.42 Å². The van der Waals surface area contributed by atoms with Crippen molar-refractivity contribution in [1.82, 2.24) is 10.2 Å². The summed E-state index contributed by atoms with van der Waals surface area (Å²) >= 11 is 1.67. The van der Waals surface area contributed by atoms with Crippen LogP contribution in [0.1, 0.15) is 36.3 Å². The van der Waals surface area contributed by atoms with Crippen LogP contribution in [0.25, 0.3) is 6.08 Å². The maximum absolute atomic E-state index is 12.7. The first kappa shape index (κ1) is 18.0. The number of furan rings is 1. The first-order chi connectivity index (χ1) is 13.2. The van der Waals surface area contributed by atoms with Gasteiger partial charge in [0.2, 0.25) is 11.8 Å². The molecule has 2 aromatic rings. The van der Waals surface area contributed by atoms with Gasteiger partial charge in [0.1, 0.15) is 5.76 Å². The quantitative estimate of drug-likeness (QED) is 0.776. The first-order valence-electron chi connectivity index (χ1n) is 9.50. The number of amides is 2. The number of thiophene rings is 1. The Bertz CT molecular complexity index is 799. The zero-order chi connectivity index (χ0) is 18.7. The smallest absolute Gasteiger partial charge is 0.246 e. The Kier molecular flexibility index (Phi) is 5.16. The summed E-state index contributed by atoms with van der Waals surface area (Å²) in [5.41, 5.74) is -0.262. The van der Waals surface area contributed by atoms with Gasteiger partial charge in [-0.3, -0.25) is 9.59 Å². The standard InChI is InChI=1S/C21H24N2O3S/c24-19(6-5-17-3-1-13-26-17)23-11-7-16(8-12-23)15-22-20(25)21(9-10-21)18-4-2-14-27-18/h1-6,13-14,16H,7-12,15H2,(H,22,25)/b6-5+. The Hall–Kier alpha value is -2.34. The van der Waals surface area contributed by atoms with Crippen molar-refractivity contribution in [2.24, 2.45) is 5.92 Å². The molecular formula is C21H24N2O3S. The summed E-state index contributed by atoms with van der Waals surface area (Å²) in [4.78, 5) is 28.0. The van der Waals surface area contributed by atoms with Crippen molar-refractivity contribution in [3.8, 4) is 0 Å². The van der Waals surface area contributed by atoms with Crippen LogP contribution in [0.3, 0.4) is 0 Å². The summed E-state index contributed by atoms with van der Waals surface area (Å²) < 4.78 is 5.20. The predicted molar refractivity (Wildman–Crippen MR) is 105 cm³/mol. The molecule has 4 rings (SSSR count). The van der Waals surface area contributed by atoms with Gasteiger partial charge in [0, 0.05) is 30.6 Å². The molecule has 0 bridgehead atoms. The molecule has 6 heteroatoms. The third kappa shape index (κ3) is 4.00. The van der Waals surface area contributed by atoms with E-state index in [0.29, 0.717) is 18.2 Å². The topological polar surface area (TPSA) is 62.6 Å². The predicted octanol–water partition coefficient (Wildman–Crippen LogP) is 3.44. The molecule has 2 aliphatic rings. The lowest BCUT2D eigenvalue weighted by Gasteiger charge is -2.31. The lowest BCUT2D eigenvalue weighted by molar-refractivity contribution is -0.128. The van der Waals surface area contributed by atoms with E-state index in [0.717, 1.165) is 38.8 Å². The van der Waals surface area contributed by atoms with Gasteiger partial charge in [0.25, 0.3) is 0 Å². The molecule has 142 valence electrons. The number of carbonyl (C=O) groups excluding carboxylic acids is 2. The molecule has 3 heterocycles. The number of hydrogen-bond acceptors (Lipinski definition) is 4. The number of carbonyl (C=O) groups is 2. The number of nitrogens with zero attached hydrogens (tertiary/aromatic N) is 1. The molecule has 1 N–H and O–H groups in total. The van der Waals surface area contributed by atoms with Crippen molar-refractivity contribution >= 4 is 29.2 Å². The van der Waals surface area contributed by atoms with Crippen LogP contribution in [-0.4, -0.2) is 36.3 Å². The fraction of sp³-hybridized carbons (Fsp3) is 0.429. The van der Waals surface area contributed by atoms with Gasteiger partial charge < -0.3 is 14.6 Å². The van der Waals surface area contributed by atoms with E-state index >= 15 is 0 Å². The fourth-order valence-corrected chi connectivity index (χ4v) is 4.65. The van der Waals surface area contributed by atoms with E-state index in [1.807, 2.05) is 22.4 Å². The Morgan fingerprint density at radius 3 is 2.70 bits per heavy atom. The number of nitrogens with one attached hydrogen (secondary N) is 1. The summed E-state index contributed by atoms with van der Waals surface area (Å²) in [7, 11) is 0. The van der Waals surface area contributed by atoms with Crippen molar-refractivity contribution in [2.45, 2.75) is 31.1 Å². The molecule has 2 amide bonds. The van der Waals surface area contributed by atoms with Crippen molar-refractivity contribution in [3.63, 3.8) is 0 Å². The van der Waals surface area contributed by atoms with Crippen molar-refractivity contribution in [1.29, 1.82) is 0 Å². The van der Waals surface area contributed by atoms with Crippen LogP contribution < -0.4 is 5.32 Å². The first-order valence-corrected chi connectivity index (χ1v) is 10.4. The van der Waals surface area contributed by atoms with Crippen LogP contribution >= 0.6 is 11.3 Å². The molecule has 0 atom stereocenters. The molecule has 2 aromatic heterocycles. The van der Waals surface area contributed by atoms with Crippen molar-refractivity contribution in [3.05, 3.63) is 52.6 Å². The number of hydrogen-bond donors (Lipinski definition) is 1. The minimum atomic E-state index is -0.262. The van der Waals surface area contributed by atoms with Gasteiger partial charge in [0.15, 0.2) is 0 Å². The zero-order valence-electron chi connectivity index (χ0n) is 15.2. The maximum atomic E-state index is 12.7. The normalized spacial score (nSPS) is 19.3. The Labute approximate surface area is 163 Å². The van der Waals surface area contributed by atoms with Gasteiger partial charge in [-0.05, 0) is 61.3 Å². The van der Waals surface area contributed by atoms with Crippen molar-refractivity contribution in [2.75, 3.05) is 19.6 Å². The van der Waals surface area contributed by atoms with Gasteiger partial charge >= 0.3 is 0 Å². The second-order valence-electron chi connectivity index (χ2n) is 7.39. The summed E-state index contributed by atoms with van der Waals surface area (Å²) in [6.45, 7) is 2.17. The van der Waals surface area contributed by atoms with Crippen LogP contribution in [0.4, 0.5) is 0 Å². The summed E-state index contributed by atoms with van der Waals surface area (Å²) in [6, 6.07) is 7.70. The van der Waals surface area contributed by atoms with Gasteiger partial charge in [0.05, 0.1) is 11.7 Å². The van der Waals surface area contributed by atoms with Gasteiger partial charge in [-0.2, -0.15) is 0 Å². The van der Waals surface area contributed by atoms with E-state index < -0.39 is 0 Å². The second kappa shape index (κ2) is 7.72. The molecule has 0 spiro atoms. The van der Waals surface area contributed by atoms with Crippen LogP contribution in [0.5, 0.6) is 0 Å². The number of likely N-dealkylation sites (tertiary alicyclic amines) is 1. The lowest BCUT2D eigenvalue weighted by Crippen LogP contribution is -2.42. The van der Waals surface area contributed by atoms with Gasteiger partial charge in [-0.25, -0.2) is 0 Å². The van der Waals surface area contributed by atoms with Crippen molar-refractivity contribution < 1.29 is 14.0 Å². The molecule has 1 aliphatic heterocycles. The third-order valence-corrected chi connectivity index (χ3v) is 6.66.